The third-order valence-corrected chi connectivity index (χ3v) is 6.59. The first kappa shape index (κ1) is 16.7. The molecular weight excluding hydrogens is 330 g/mol. The van der Waals surface area contributed by atoms with Gasteiger partial charge in [0.15, 0.2) is 0 Å². The largest absolute Gasteiger partial charge is 0.363 e. The number of benzene rings is 2. The Hall–Kier alpha value is -1.78. The van der Waals surface area contributed by atoms with Gasteiger partial charge in [0.2, 0.25) is 5.91 Å². The van der Waals surface area contributed by atoms with Crippen molar-refractivity contribution in [2.45, 2.75) is 23.7 Å². The van der Waals surface area contributed by atoms with E-state index in [0.717, 1.165) is 49.4 Å². The lowest BCUT2D eigenvalue weighted by molar-refractivity contribution is -0.134. The van der Waals surface area contributed by atoms with Gasteiger partial charge in [-0.1, -0.05) is 60.7 Å². The van der Waals surface area contributed by atoms with E-state index in [1.807, 2.05) is 53.1 Å². The first-order valence-corrected chi connectivity index (χ1v) is 9.93. The number of carbonyl (C=O) groups is 1. The fraction of sp³-hybridized carbons (Fsp3) is 0.381. The molecule has 2 aliphatic heterocycles. The normalized spacial score (nSPS) is 19.5. The molecule has 2 aromatic carbocycles. The summed E-state index contributed by atoms with van der Waals surface area (Å²) in [5.74, 6) is 1.05. The van der Waals surface area contributed by atoms with Crippen LogP contribution in [0.3, 0.4) is 0 Å². The van der Waals surface area contributed by atoms with Crippen molar-refractivity contribution >= 4 is 17.7 Å². The lowest BCUT2D eigenvalue weighted by Crippen LogP contribution is -2.46. The molecule has 0 bridgehead atoms. The molecule has 0 radical (unpaired) electrons. The van der Waals surface area contributed by atoms with Crippen LogP contribution in [0.25, 0.3) is 0 Å². The van der Waals surface area contributed by atoms with Crippen LogP contribution in [0.5, 0.6) is 0 Å². The first-order valence-electron chi connectivity index (χ1n) is 8.94. The van der Waals surface area contributed by atoms with Gasteiger partial charge >= 0.3 is 0 Å². The van der Waals surface area contributed by atoms with E-state index in [0.29, 0.717) is 0 Å². The average molecular weight is 353 g/mol. The van der Waals surface area contributed by atoms with Gasteiger partial charge in [0.05, 0.1) is 12.5 Å². The number of nitrogens with zero attached hydrogens (tertiary/aromatic N) is 1. The summed E-state index contributed by atoms with van der Waals surface area (Å²) in [4.78, 5) is 15.4. The van der Waals surface area contributed by atoms with Crippen LogP contribution < -0.4 is 0 Å². The van der Waals surface area contributed by atoms with Crippen molar-refractivity contribution < 1.29 is 9.53 Å². The fourth-order valence-corrected chi connectivity index (χ4v) is 4.98. The van der Waals surface area contributed by atoms with Crippen LogP contribution in [0.1, 0.15) is 29.9 Å². The third-order valence-electron chi connectivity index (χ3n) is 5.16. The molecular formula is C21H23NO2S. The van der Waals surface area contributed by atoms with Gasteiger partial charge in [-0.2, -0.15) is 0 Å². The Balaban J connectivity index is 1.56. The highest BCUT2D eigenvalue weighted by molar-refractivity contribution is 8.00. The number of carbonyl (C=O) groups excluding carboxylic acids is 1. The zero-order valence-corrected chi connectivity index (χ0v) is 15.1. The van der Waals surface area contributed by atoms with E-state index in [9.17, 15) is 4.79 Å². The van der Waals surface area contributed by atoms with E-state index >= 15 is 0 Å². The monoisotopic (exact) mass is 353 g/mol. The van der Waals surface area contributed by atoms with Crippen molar-refractivity contribution in [3.8, 4) is 0 Å². The fourth-order valence-electron chi connectivity index (χ4n) is 3.80. The highest BCUT2D eigenvalue weighted by Gasteiger charge is 2.41. The highest BCUT2D eigenvalue weighted by atomic mass is 32.2. The molecule has 0 unspecified atom stereocenters. The molecule has 2 heterocycles. The maximum atomic E-state index is 13.4. The second kappa shape index (κ2) is 7.22. The minimum Gasteiger partial charge on any atom is -0.363 e. The van der Waals surface area contributed by atoms with E-state index in [4.69, 9.17) is 4.74 Å². The number of ether oxygens (including phenoxy) is 1. The zero-order valence-electron chi connectivity index (χ0n) is 14.3. The number of rotatable bonds is 3. The van der Waals surface area contributed by atoms with E-state index < -0.39 is 0 Å². The van der Waals surface area contributed by atoms with Gasteiger partial charge in [-0.15, -0.1) is 11.8 Å². The van der Waals surface area contributed by atoms with Crippen LogP contribution in [0.15, 0.2) is 60.7 Å². The van der Waals surface area contributed by atoms with Crippen LogP contribution in [-0.2, 0) is 9.53 Å². The molecule has 130 valence electrons. The molecule has 1 amide bonds. The quantitative estimate of drug-likeness (QED) is 0.838. The van der Waals surface area contributed by atoms with E-state index in [2.05, 4.69) is 24.3 Å². The van der Waals surface area contributed by atoms with Crippen molar-refractivity contribution in [3.05, 3.63) is 71.8 Å². The van der Waals surface area contributed by atoms with Crippen molar-refractivity contribution in [2.75, 3.05) is 25.4 Å². The first-order chi connectivity index (χ1) is 12.3. The summed E-state index contributed by atoms with van der Waals surface area (Å²) in [5.41, 5.74) is 2.12. The number of thioether (sulfide) groups is 1. The van der Waals surface area contributed by atoms with Gasteiger partial charge in [0.1, 0.15) is 4.93 Å². The summed E-state index contributed by atoms with van der Waals surface area (Å²) in [5, 5.41) is 0. The molecule has 0 aliphatic carbocycles. The maximum absolute atomic E-state index is 13.4. The minimum atomic E-state index is -0.228. The molecule has 4 heteroatoms. The van der Waals surface area contributed by atoms with Crippen LogP contribution >= 0.6 is 11.8 Å². The minimum absolute atomic E-state index is 0.0359. The maximum Gasteiger partial charge on any atom is 0.234 e. The molecule has 2 aromatic rings. The Kier molecular flexibility index (Phi) is 4.82. The van der Waals surface area contributed by atoms with Crippen LogP contribution in [-0.4, -0.2) is 41.2 Å². The summed E-state index contributed by atoms with van der Waals surface area (Å²) >= 11 is 1.92. The van der Waals surface area contributed by atoms with Crippen LogP contribution in [0.2, 0.25) is 0 Å². The Morgan fingerprint density at radius 2 is 1.52 bits per heavy atom. The van der Waals surface area contributed by atoms with E-state index in [-0.39, 0.29) is 16.8 Å². The van der Waals surface area contributed by atoms with Gasteiger partial charge in [-0.3, -0.25) is 4.79 Å². The standard InChI is InChI=1S/C21H23NO2S/c23-20(22-13-11-21(12-14-22)24-15-16-25-21)19(17-7-3-1-4-8-17)18-9-5-2-6-10-18/h1-10,19H,11-16H2. The SMILES string of the molecule is O=C(C(c1ccccc1)c1ccccc1)N1CCC2(CC1)OCCS2. The van der Waals surface area contributed by atoms with Crippen molar-refractivity contribution in [1.82, 2.24) is 4.90 Å². The van der Waals surface area contributed by atoms with E-state index in [1.165, 1.54) is 0 Å². The van der Waals surface area contributed by atoms with Crippen molar-refractivity contribution in [1.29, 1.82) is 0 Å². The van der Waals surface area contributed by atoms with Gasteiger partial charge in [0.25, 0.3) is 0 Å². The lowest BCUT2D eigenvalue weighted by Gasteiger charge is -2.39. The zero-order chi connectivity index (χ0) is 17.1. The van der Waals surface area contributed by atoms with Crippen LogP contribution in [0.4, 0.5) is 0 Å². The Morgan fingerprint density at radius 3 is 2.00 bits per heavy atom. The molecule has 0 atom stereocenters. The second-order valence-electron chi connectivity index (χ2n) is 6.69. The molecule has 0 N–H and O–H groups in total. The smallest absolute Gasteiger partial charge is 0.234 e. The van der Waals surface area contributed by atoms with Gasteiger partial charge in [-0.25, -0.2) is 0 Å². The summed E-state index contributed by atoms with van der Waals surface area (Å²) in [6, 6.07) is 20.2. The Bertz CT molecular complexity index is 664. The predicted octanol–water partition coefficient (Wildman–Crippen LogP) is 3.90. The summed E-state index contributed by atoms with van der Waals surface area (Å²) in [7, 11) is 0. The van der Waals surface area contributed by atoms with E-state index in [1.54, 1.807) is 0 Å². The van der Waals surface area contributed by atoms with Gasteiger partial charge in [0, 0.05) is 31.7 Å². The predicted molar refractivity (Wildman–Crippen MR) is 102 cm³/mol. The Labute approximate surface area is 153 Å². The van der Waals surface area contributed by atoms with Crippen molar-refractivity contribution in [3.63, 3.8) is 0 Å². The molecule has 1 spiro atoms. The molecule has 2 saturated heterocycles. The summed E-state index contributed by atoms with van der Waals surface area (Å²) < 4.78 is 5.96. The summed E-state index contributed by atoms with van der Waals surface area (Å²) in [6.07, 6.45) is 1.86. The molecule has 4 rings (SSSR count). The lowest BCUT2D eigenvalue weighted by atomic mass is 9.89. The second-order valence-corrected chi connectivity index (χ2v) is 8.13. The topological polar surface area (TPSA) is 29.5 Å². The van der Waals surface area contributed by atoms with Gasteiger partial charge in [-0.05, 0) is 11.1 Å². The van der Waals surface area contributed by atoms with Gasteiger partial charge < -0.3 is 9.64 Å². The Morgan fingerprint density at radius 1 is 0.960 bits per heavy atom. The molecule has 3 nitrogen and oxygen atoms in total. The number of hydrogen-bond acceptors (Lipinski definition) is 3. The molecule has 0 saturated carbocycles. The number of likely N-dealkylation sites (tertiary alicyclic amines) is 1. The molecule has 25 heavy (non-hydrogen) atoms. The number of piperidine rings is 1. The molecule has 2 fully saturated rings. The summed E-state index contributed by atoms with van der Waals surface area (Å²) in [6.45, 7) is 2.40. The third kappa shape index (κ3) is 3.46. The van der Waals surface area contributed by atoms with Crippen molar-refractivity contribution in [2.24, 2.45) is 0 Å². The number of hydrogen-bond donors (Lipinski definition) is 0. The van der Waals surface area contributed by atoms with Crippen LogP contribution in [0, 0.1) is 0 Å². The molecule has 0 aromatic heterocycles. The molecule has 2 aliphatic rings. The number of amides is 1. The average Bonchev–Trinajstić information content (AvgIpc) is 3.12. The highest BCUT2D eigenvalue weighted by Crippen LogP contribution is 2.42.